The number of anilines is 1. The molecule has 0 aliphatic carbocycles. The van der Waals surface area contributed by atoms with Gasteiger partial charge < -0.3 is 5.32 Å². The van der Waals surface area contributed by atoms with Crippen molar-refractivity contribution < 1.29 is 0 Å². The van der Waals surface area contributed by atoms with Crippen molar-refractivity contribution in [2.24, 2.45) is 0 Å². The smallest absolute Gasteiger partial charge is 0.0497 e. The van der Waals surface area contributed by atoms with Gasteiger partial charge in [0, 0.05) is 21.5 Å². The average Bonchev–Trinajstić information content (AvgIpc) is 2.46. The van der Waals surface area contributed by atoms with Gasteiger partial charge in [-0.15, -0.1) is 0 Å². The number of aryl methyl sites for hydroxylation is 1. The maximum absolute atomic E-state index is 3.58. The number of benzene rings is 2. The van der Waals surface area contributed by atoms with Gasteiger partial charge in [-0.2, -0.15) is 0 Å². The van der Waals surface area contributed by atoms with Gasteiger partial charge in [0.2, 0.25) is 0 Å². The van der Waals surface area contributed by atoms with Crippen molar-refractivity contribution in [2.75, 3.05) is 5.32 Å². The Bertz CT molecular complexity index is 563. The Morgan fingerprint density at radius 3 is 2.76 bits per heavy atom. The zero-order valence-electron chi connectivity index (χ0n) is 10.0. The minimum Gasteiger partial charge on any atom is -0.378 e. The molecule has 0 radical (unpaired) electrons. The summed E-state index contributed by atoms with van der Waals surface area (Å²) in [4.78, 5) is 2.68. The standard InChI is InChI=1S/C15H15NS/c1-10-7-8-13-15(9-10)17-14-6-4-3-5-12(14)11(2)16-13/h3-9,11,16H,1-2H3/t11-/m1/s1. The number of fused-ring (bicyclic) bond motifs is 2. The van der Waals surface area contributed by atoms with Crippen LogP contribution in [0.15, 0.2) is 52.3 Å². The van der Waals surface area contributed by atoms with Crippen LogP contribution in [0.3, 0.4) is 0 Å². The van der Waals surface area contributed by atoms with Crippen molar-refractivity contribution in [1.82, 2.24) is 0 Å². The fourth-order valence-corrected chi connectivity index (χ4v) is 3.42. The molecule has 17 heavy (non-hydrogen) atoms. The first kappa shape index (κ1) is 10.7. The molecule has 1 nitrogen and oxygen atoms in total. The van der Waals surface area contributed by atoms with Crippen LogP contribution in [-0.2, 0) is 0 Å². The van der Waals surface area contributed by atoms with Gasteiger partial charge >= 0.3 is 0 Å². The van der Waals surface area contributed by atoms with Gasteiger partial charge in [0.25, 0.3) is 0 Å². The van der Waals surface area contributed by atoms with Crippen molar-refractivity contribution in [3.8, 4) is 0 Å². The molecule has 1 N–H and O–H groups in total. The highest BCUT2D eigenvalue weighted by Gasteiger charge is 2.17. The minimum atomic E-state index is 0.364. The van der Waals surface area contributed by atoms with Crippen molar-refractivity contribution in [3.63, 3.8) is 0 Å². The lowest BCUT2D eigenvalue weighted by atomic mass is 10.1. The molecule has 0 unspecified atom stereocenters. The average molecular weight is 241 g/mol. The van der Waals surface area contributed by atoms with Crippen LogP contribution >= 0.6 is 11.8 Å². The largest absolute Gasteiger partial charge is 0.378 e. The lowest BCUT2D eigenvalue weighted by Crippen LogP contribution is -2.05. The molecule has 2 aromatic carbocycles. The maximum Gasteiger partial charge on any atom is 0.0497 e. The predicted octanol–water partition coefficient (Wildman–Crippen LogP) is 4.63. The lowest BCUT2D eigenvalue weighted by Gasteiger charge is -2.14. The van der Waals surface area contributed by atoms with Crippen LogP contribution in [0.2, 0.25) is 0 Å². The first-order valence-electron chi connectivity index (χ1n) is 5.88. The van der Waals surface area contributed by atoms with Crippen LogP contribution in [0.25, 0.3) is 0 Å². The van der Waals surface area contributed by atoms with Crippen molar-refractivity contribution in [3.05, 3.63) is 53.6 Å². The zero-order chi connectivity index (χ0) is 11.8. The second-order valence-corrected chi connectivity index (χ2v) is 5.59. The third-order valence-corrected chi connectivity index (χ3v) is 4.26. The lowest BCUT2D eigenvalue weighted by molar-refractivity contribution is 0.861. The van der Waals surface area contributed by atoms with Crippen molar-refractivity contribution in [2.45, 2.75) is 29.7 Å². The van der Waals surface area contributed by atoms with Gasteiger partial charge in [0.1, 0.15) is 0 Å². The SMILES string of the molecule is Cc1ccc2c(c1)Sc1ccccc1[C@@H](C)N2. The van der Waals surface area contributed by atoms with E-state index in [1.54, 1.807) is 0 Å². The van der Waals surface area contributed by atoms with E-state index in [1.807, 2.05) is 11.8 Å². The predicted molar refractivity (Wildman–Crippen MR) is 73.8 cm³/mol. The van der Waals surface area contributed by atoms with Crippen LogP contribution in [0.4, 0.5) is 5.69 Å². The molecule has 0 spiro atoms. The fraction of sp³-hybridized carbons (Fsp3) is 0.200. The third kappa shape index (κ3) is 1.93. The van der Waals surface area contributed by atoms with E-state index in [0.717, 1.165) is 0 Å². The topological polar surface area (TPSA) is 12.0 Å². The molecule has 1 aliphatic heterocycles. The molecule has 0 saturated heterocycles. The Kier molecular flexibility index (Phi) is 2.60. The van der Waals surface area contributed by atoms with Gasteiger partial charge in [0.15, 0.2) is 0 Å². The van der Waals surface area contributed by atoms with E-state index in [1.165, 1.54) is 26.6 Å². The van der Waals surface area contributed by atoms with Gasteiger partial charge in [-0.3, -0.25) is 0 Å². The zero-order valence-corrected chi connectivity index (χ0v) is 10.8. The summed E-state index contributed by atoms with van der Waals surface area (Å²) in [5.74, 6) is 0. The number of nitrogens with one attached hydrogen (secondary N) is 1. The summed E-state index contributed by atoms with van der Waals surface area (Å²) in [6.07, 6.45) is 0. The van der Waals surface area contributed by atoms with Gasteiger partial charge in [-0.1, -0.05) is 36.0 Å². The van der Waals surface area contributed by atoms with E-state index in [-0.39, 0.29) is 0 Å². The molecule has 86 valence electrons. The molecule has 0 amide bonds. The molecule has 1 heterocycles. The highest BCUT2D eigenvalue weighted by atomic mass is 32.2. The van der Waals surface area contributed by atoms with Gasteiger partial charge in [-0.05, 0) is 43.2 Å². The quantitative estimate of drug-likeness (QED) is 0.721. The van der Waals surface area contributed by atoms with Gasteiger partial charge in [0.05, 0.1) is 0 Å². The molecule has 0 fully saturated rings. The monoisotopic (exact) mass is 241 g/mol. The van der Waals surface area contributed by atoms with E-state index in [4.69, 9.17) is 0 Å². The normalized spacial score (nSPS) is 17.6. The van der Waals surface area contributed by atoms with Gasteiger partial charge in [-0.25, -0.2) is 0 Å². The van der Waals surface area contributed by atoms with E-state index in [2.05, 4.69) is 61.6 Å². The molecule has 1 atom stereocenters. The Morgan fingerprint density at radius 2 is 1.88 bits per heavy atom. The minimum absolute atomic E-state index is 0.364. The maximum atomic E-state index is 3.58. The number of hydrogen-bond donors (Lipinski definition) is 1. The molecule has 1 aliphatic rings. The second-order valence-electron chi connectivity index (χ2n) is 4.51. The first-order valence-corrected chi connectivity index (χ1v) is 6.69. The van der Waals surface area contributed by atoms with E-state index in [0.29, 0.717) is 6.04 Å². The highest BCUT2D eigenvalue weighted by molar-refractivity contribution is 7.99. The summed E-state index contributed by atoms with van der Waals surface area (Å²) in [5.41, 5.74) is 3.93. The first-order chi connectivity index (χ1) is 8.24. The second kappa shape index (κ2) is 4.11. The molecule has 0 saturated carbocycles. The van der Waals surface area contributed by atoms with Crippen LogP contribution in [0, 0.1) is 6.92 Å². The summed E-state index contributed by atoms with van der Waals surface area (Å²) >= 11 is 1.86. The fourth-order valence-electron chi connectivity index (χ4n) is 2.19. The molecule has 2 heteroatoms. The number of rotatable bonds is 0. The Balaban J connectivity index is 2.14. The summed E-state index contributed by atoms with van der Waals surface area (Å²) in [6.45, 7) is 4.36. The van der Waals surface area contributed by atoms with E-state index < -0.39 is 0 Å². The Morgan fingerprint density at radius 1 is 1.06 bits per heavy atom. The molecular formula is C15H15NS. The van der Waals surface area contributed by atoms with Crippen LogP contribution < -0.4 is 5.32 Å². The van der Waals surface area contributed by atoms with E-state index in [9.17, 15) is 0 Å². The molecular weight excluding hydrogens is 226 g/mol. The summed E-state index contributed by atoms with van der Waals surface area (Å²) in [6, 6.07) is 15.6. The Hall–Kier alpha value is -1.41. The number of hydrogen-bond acceptors (Lipinski definition) is 2. The van der Waals surface area contributed by atoms with E-state index >= 15 is 0 Å². The summed E-state index contributed by atoms with van der Waals surface area (Å²) < 4.78 is 0. The van der Waals surface area contributed by atoms with Crippen LogP contribution in [0.5, 0.6) is 0 Å². The third-order valence-electron chi connectivity index (χ3n) is 3.11. The van der Waals surface area contributed by atoms with Crippen molar-refractivity contribution >= 4 is 17.4 Å². The van der Waals surface area contributed by atoms with Crippen LogP contribution in [0.1, 0.15) is 24.1 Å². The molecule has 2 aromatic rings. The summed E-state index contributed by atoms with van der Waals surface area (Å²) in [7, 11) is 0. The highest BCUT2D eigenvalue weighted by Crippen LogP contribution is 2.42. The molecule has 0 bridgehead atoms. The van der Waals surface area contributed by atoms with Crippen LogP contribution in [-0.4, -0.2) is 0 Å². The molecule has 0 aromatic heterocycles. The molecule has 3 rings (SSSR count). The van der Waals surface area contributed by atoms with Crippen molar-refractivity contribution in [1.29, 1.82) is 0 Å². The summed E-state index contributed by atoms with van der Waals surface area (Å²) in [5, 5.41) is 3.58. The Labute approximate surface area is 106 Å².